The fourth-order valence-electron chi connectivity index (χ4n) is 1.09. The largest absolute Gasteiger partial charge is 0.506 e. The minimum absolute atomic E-state index is 0. The van der Waals surface area contributed by atoms with E-state index in [-0.39, 0.29) is 26.8 Å². The normalized spacial score (nSPS) is 9.33. The number of benzene rings is 1. The van der Waals surface area contributed by atoms with E-state index in [1.54, 1.807) is 18.3 Å². The van der Waals surface area contributed by atoms with Crippen molar-refractivity contribution in [3.05, 3.63) is 36.5 Å². The van der Waals surface area contributed by atoms with E-state index in [9.17, 15) is 5.11 Å². The van der Waals surface area contributed by atoms with Crippen LogP contribution in [0, 0.1) is 0 Å². The number of rotatable bonds is 0. The van der Waals surface area contributed by atoms with Gasteiger partial charge in [-0.1, -0.05) is 18.2 Å². The van der Waals surface area contributed by atoms with Crippen molar-refractivity contribution >= 4 is 10.9 Å². The van der Waals surface area contributed by atoms with Gasteiger partial charge in [0.25, 0.3) is 0 Å². The van der Waals surface area contributed by atoms with E-state index in [1.807, 2.05) is 18.2 Å². The molecule has 60 valence electrons. The zero-order chi connectivity index (χ0) is 7.68. The molecule has 0 aliphatic rings. The molecule has 0 aliphatic heterocycles. The second-order valence-electron chi connectivity index (χ2n) is 2.35. The summed E-state index contributed by atoms with van der Waals surface area (Å²) in [5.41, 5.74) is 0.662. The number of phenolic OH excluding ortho intramolecular Hbond substituents is 1. The minimum atomic E-state index is 0. The molecule has 0 saturated heterocycles. The first-order valence-electron chi connectivity index (χ1n) is 3.40. The van der Waals surface area contributed by atoms with Crippen molar-refractivity contribution in [1.29, 1.82) is 0 Å². The molecule has 2 nitrogen and oxygen atoms in total. The molecule has 0 radical (unpaired) electrons. The predicted octanol–water partition coefficient (Wildman–Crippen LogP) is 1.94. The van der Waals surface area contributed by atoms with E-state index in [1.165, 1.54) is 0 Å². The Labute approximate surface area is 84.5 Å². The SMILES string of the molecule is Oc1cccc2cccnc12.[W]. The van der Waals surface area contributed by atoms with E-state index in [0.29, 0.717) is 5.52 Å². The summed E-state index contributed by atoms with van der Waals surface area (Å²) < 4.78 is 0. The van der Waals surface area contributed by atoms with Gasteiger partial charge in [-0.3, -0.25) is 4.98 Å². The van der Waals surface area contributed by atoms with Crippen LogP contribution in [0.4, 0.5) is 0 Å². The van der Waals surface area contributed by atoms with Crippen molar-refractivity contribution < 1.29 is 26.2 Å². The van der Waals surface area contributed by atoms with Gasteiger partial charge in [-0.05, 0) is 12.1 Å². The number of aromatic nitrogens is 1. The van der Waals surface area contributed by atoms with Gasteiger partial charge in [0.1, 0.15) is 11.3 Å². The molecule has 1 aromatic heterocycles. The van der Waals surface area contributed by atoms with Crippen molar-refractivity contribution in [3.63, 3.8) is 0 Å². The van der Waals surface area contributed by atoms with Crippen LogP contribution < -0.4 is 0 Å². The first kappa shape index (κ1) is 9.21. The fraction of sp³-hybridized carbons (Fsp3) is 0. The van der Waals surface area contributed by atoms with Gasteiger partial charge >= 0.3 is 0 Å². The molecule has 12 heavy (non-hydrogen) atoms. The summed E-state index contributed by atoms with van der Waals surface area (Å²) in [5, 5.41) is 10.3. The molecular formula is C9H7NOW. The third-order valence-corrected chi connectivity index (χ3v) is 1.61. The molecule has 1 aromatic carbocycles. The molecule has 0 aliphatic carbocycles. The predicted molar refractivity (Wildman–Crippen MR) is 43.4 cm³/mol. The molecule has 0 amide bonds. The first-order chi connectivity index (χ1) is 5.38. The van der Waals surface area contributed by atoms with Gasteiger partial charge < -0.3 is 5.11 Å². The van der Waals surface area contributed by atoms with Crippen LogP contribution in [0.1, 0.15) is 0 Å². The monoisotopic (exact) mass is 329 g/mol. The Morgan fingerprint density at radius 3 is 2.58 bits per heavy atom. The summed E-state index contributed by atoms with van der Waals surface area (Å²) in [6.45, 7) is 0. The average Bonchev–Trinajstić information content (AvgIpc) is 2.06. The van der Waals surface area contributed by atoms with Gasteiger partial charge in [0, 0.05) is 32.6 Å². The molecule has 0 fully saturated rings. The summed E-state index contributed by atoms with van der Waals surface area (Å²) in [5.74, 6) is 0.239. The molecule has 0 atom stereocenters. The van der Waals surface area contributed by atoms with Crippen molar-refractivity contribution in [2.45, 2.75) is 0 Å². The number of nitrogens with zero attached hydrogens (tertiary/aromatic N) is 1. The van der Waals surface area contributed by atoms with Gasteiger partial charge in [-0.15, -0.1) is 0 Å². The third kappa shape index (κ3) is 1.48. The van der Waals surface area contributed by atoms with Crippen molar-refractivity contribution in [2.75, 3.05) is 0 Å². The van der Waals surface area contributed by atoms with E-state index < -0.39 is 0 Å². The number of aromatic hydroxyl groups is 1. The molecule has 0 spiro atoms. The van der Waals surface area contributed by atoms with Crippen LogP contribution in [-0.4, -0.2) is 10.1 Å². The van der Waals surface area contributed by atoms with E-state index in [0.717, 1.165) is 5.39 Å². The maximum atomic E-state index is 9.31. The Kier molecular flexibility index (Phi) is 2.82. The number of hydrogen-bond donors (Lipinski definition) is 1. The molecule has 2 rings (SSSR count). The second kappa shape index (κ2) is 3.68. The van der Waals surface area contributed by atoms with Crippen LogP contribution >= 0.6 is 0 Å². The Balaban J connectivity index is 0.000000720. The molecule has 0 saturated carbocycles. The van der Waals surface area contributed by atoms with Crippen molar-refractivity contribution in [3.8, 4) is 5.75 Å². The standard InChI is InChI=1S/C9H7NO.W/c11-8-5-1-3-7-4-2-6-10-9(7)8;/h1-6,11H;. The zero-order valence-electron chi connectivity index (χ0n) is 6.27. The van der Waals surface area contributed by atoms with Crippen LogP contribution in [0.5, 0.6) is 5.75 Å². The maximum Gasteiger partial charge on any atom is 0.141 e. The number of fused-ring (bicyclic) bond motifs is 1. The molecule has 0 bridgehead atoms. The Bertz CT molecular complexity index is 384. The fourth-order valence-corrected chi connectivity index (χ4v) is 1.09. The molecule has 1 N–H and O–H groups in total. The first-order valence-corrected chi connectivity index (χ1v) is 3.40. The summed E-state index contributed by atoms with van der Waals surface area (Å²) in [6, 6.07) is 9.13. The van der Waals surface area contributed by atoms with Crippen LogP contribution in [0.15, 0.2) is 36.5 Å². The van der Waals surface area contributed by atoms with E-state index in [4.69, 9.17) is 0 Å². The van der Waals surface area contributed by atoms with Gasteiger partial charge in [-0.2, -0.15) is 0 Å². The molecular weight excluding hydrogens is 322 g/mol. The van der Waals surface area contributed by atoms with E-state index >= 15 is 0 Å². The van der Waals surface area contributed by atoms with Crippen LogP contribution in [0.2, 0.25) is 0 Å². The number of para-hydroxylation sites is 1. The minimum Gasteiger partial charge on any atom is -0.506 e. The van der Waals surface area contributed by atoms with Crippen molar-refractivity contribution in [1.82, 2.24) is 4.98 Å². The summed E-state index contributed by atoms with van der Waals surface area (Å²) in [6.07, 6.45) is 1.67. The Morgan fingerprint density at radius 1 is 1.08 bits per heavy atom. The van der Waals surface area contributed by atoms with Gasteiger partial charge in [0.15, 0.2) is 0 Å². The molecule has 0 unspecified atom stereocenters. The van der Waals surface area contributed by atoms with Gasteiger partial charge in [0.05, 0.1) is 0 Å². The Morgan fingerprint density at radius 2 is 1.83 bits per heavy atom. The molecule has 2 aromatic rings. The van der Waals surface area contributed by atoms with Crippen molar-refractivity contribution in [2.24, 2.45) is 0 Å². The maximum absolute atomic E-state index is 9.31. The summed E-state index contributed by atoms with van der Waals surface area (Å²) in [4.78, 5) is 4.03. The molecule has 1 heterocycles. The molecule has 3 heteroatoms. The van der Waals surface area contributed by atoms with Crippen LogP contribution in [0.25, 0.3) is 10.9 Å². The average molecular weight is 329 g/mol. The second-order valence-corrected chi connectivity index (χ2v) is 2.35. The zero-order valence-corrected chi connectivity index (χ0v) is 9.20. The number of hydrogen-bond acceptors (Lipinski definition) is 2. The van der Waals surface area contributed by atoms with Gasteiger partial charge in [0.2, 0.25) is 0 Å². The van der Waals surface area contributed by atoms with Crippen LogP contribution in [-0.2, 0) is 21.1 Å². The van der Waals surface area contributed by atoms with E-state index in [2.05, 4.69) is 4.98 Å². The number of pyridine rings is 1. The topological polar surface area (TPSA) is 33.1 Å². The quantitative estimate of drug-likeness (QED) is 0.801. The summed E-state index contributed by atoms with van der Waals surface area (Å²) >= 11 is 0. The van der Waals surface area contributed by atoms with Crippen LogP contribution in [0.3, 0.4) is 0 Å². The van der Waals surface area contributed by atoms with Gasteiger partial charge in [-0.25, -0.2) is 0 Å². The third-order valence-electron chi connectivity index (χ3n) is 1.61. The Hall–Kier alpha value is -0.882. The summed E-state index contributed by atoms with van der Waals surface area (Å²) in [7, 11) is 0. The smallest absolute Gasteiger partial charge is 0.141 e. The number of phenols is 1.